The monoisotopic (exact) mass is 449 g/mol. The van der Waals surface area contributed by atoms with Crippen molar-refractivity contribution < 1.29 is 9.15 Å². The maximum atomic E-state index is 13.0. The zero-order valence-corrected chi connectivity index (χ0v) is 18.8. The Bertz CT molecular complexity index is 1410. The normalized spacial score (nSPS) is 11.6. The van der Waals surface area contributed by atoms with Crippen molar-refractivity contribution >= 4 is 46.6 Å². The van der Waals surface area contributed by atoms with Gasteiger partial charge in [0.2, 0.25) is 5.58 Å². The first-order valence-corrected chi connectivity index (χ1v) is 10.7. The third kappa shape index (κ3) is 4.30. The average Bonchev–Trinajstić information content (AvgIpc) is 2.76. The van der Waals surface area contributed by atoms with E-state index in [0.717, 1.165) is 21.0 Å². The summed E-state index contributed by atoms with van der Waals surface area (Å²) >= 11 is 7.00. The van der Waals surface area contributed by atoms with Crippen molar-refractivity contribution in [2.75, 3.05) is 7.11 Å². The van der Waals surface area contributed by atoms with Crippen LogP contribution in [-0.4, -0.2) is 22.5 Å². The van der Waals surface area contributed by atoms with Crippen LogP contribution in [-0.2, 0) is 0 Å². The number of fused-ring (bicyclic) bond motifs is 1. The molecule has 0 saturated heterocycles. The van der Waals surface area contributed by atoms with E-state index in [1.54, 1.807) is 24.8 Å². The van der Waals surface area contributed by atoms with Gasteiger partial charge in [0.15, 0.2) is 11.3 Å². The summed E-state index contributed by atoms with van der Waals surface area (Å²) in [6.45, 7) is 3.69. The summed E-state index contributed by atoms with van der Waals surface area (Å²) in [5, 5.41) is 0. The maximum absolute atomic E-state index is 13.0. The highest BCUT2D eigenvalue weighted by molar-refractivity contribution is 7.99. The predicted octanol–water partition coefficient (Wildman–Crippen LogP) is 5.79. The van der Waals surface area contributed by atoms with Crippen molar-refractivity contribution in [3.8, 4) is 5.75 Å². The molecular weight excluding hydrogens is 430 g/mol. The number of rotatable bonds is 4. The van der Waals surface area contributed by atoms with Gasteiger partial charge in [-0.05, 0) is 62.0 Å². The molecular formula is C23H19N3O3S2. The van der Waals surface area contributed by atoms with Gasteiger partial charge >= 0.3 is 0 Å². The molecule has 2 aromatic carbocycles. The summed E-state index contributed by atoms with van der Waals surface area (Å²) < 4.78 is 12.2. The number of ether oxygens (including phenoxy) is 1. The molecule has 31 heavy (non-hydrogen) atoms. The van der Waals surface area contributed by atoms with E-state index in [1.165, 1.54) is 17.9 Å². The van der Waals surface area contributed by atoms with Crippen LogP contribution < -0.4 is 10.3 Å². The van der Waals surface area contributed by atoms with Crippen LogP contribution in [0, 0.1) is 11.8 Å². The summed E-state index contributed by atoms with van der Waals surface area (Å²) in [6.07, 6.45) is 1.49. The Morgan fingerprint density at radius 1 is 1.16 bits per heavy atom. The van der Waals surface area contributed by atoms with E-state index in [9.17, 15) is 4.79 Å². The van der Waals surface area contributed by atoms with Gasteiger partial charge in [-0.2, -0.15) is 0 Å². The third-order valence-corrected chi connectivity index (χ3v) is 5.88. The summed E-state index contributed by atoms with van der Waals surface area (Å²) in [4.78, 5) is 24.1. The maximum Gasteiger partial charge on any atom is 0.289 e. The Balaban J connectivity index is 1.72. The number of methoxy groups -OCH3 is 1. The van der Waals surface area contributed by atoms with Gasteiger partial charge in [-0.3, -0.25) is 4.79 Å². The van der Waals surface area contributed by atoms with Crippen LogP contribution in [0.1, 0.15) is 12.5 Å². The largest absolute Gasteiger partial charge is 0.493 e. The average molecular weight is 450 g/mol. The molecule has 8 heteroatoms. The number of hydrogen-bond acceptors (Lipinski definition) is 7. The van der Waals surface area contributed by atoms with Crippen LogP contribution in [0.2, 0.25) is 0 Å². The molecule has 2 heterocycles. The second-order valence-electron chi connectivity index (χ2n) is 6.72. The van der Waals surface area contributed by atoms with E-state index in [-0.39, 0.29) is 15.9 Å². The lowest BCUT2D eigenvalue weighted by Gasteiger charge is -2.09. The van der Waals surface area contributed by atoms with E-state index in [1.807, 2.05) is 37.3 Å². The second-order valence-corrected chi connectivity index (χ2v) is 8.22. The predicted molar refractivity (Wildman–Crippen MR) is 126 cm³/mol. The Hall–Kier alpha value is -3.23. The van der Waals surface area contributed by atoms with Crippen molar-refractivity contribution in [2.45, 2.75) is 23.6 Å². The summed E-state index contributed by atoms with van der Waals surface area (Å²) in [6, 6.07) is 17.8. The van der Waals surface area contributed by atoms with Crippen LogP contribution in [0.5, 0.6) is 5.75 Å². The van der Waals surface area contributed by atoms with Crippen LogP contribution >= 0.6 is 24.0 Å². The molecule has 6 nitrogen and oxygen atoms in total. The summed E-state index contributed by atoms with van der Waals surface area (Å²) in [5.74, 6) is 0.800. The molecule has 4 aromatic rings. The number of aryl methyl sites for hydroxylation is 1. The molecule has 0 atom stereocenters. The first-order valence-electron chi connectivity index (χ1n) is 9.46. The SMILES string of the molecule is COc1ccnc2c(=O)n(C(C)=Nc3ccc(Sc4ccccc4)cc3C)c(=S)oc12. The van der Waals surface area contributed by atoms with Gasteiger partial charge in [-0.25, -0.2) is 14.5 Å². The number of benzene rings is 2. The minimum atomic E-state index is -0.402. The highest BCUT2D eigenvalue weighted by atomic mass is 32.2. The van der Waals surface area contributed by atoms with Crippen LogP contribution in [0.3, 0.4) is 0 Å². The number of pyridine rings is 1. The van der Waals surface area contributed by atoms with Crippen LogP contribution in [0.4, 0.5) is 5.69 Å². The van der Waals surface area contributed by atoms with Crippen molar-refractivity contribution in [2.24, 2.45) is 4.99 Å². The van der Waals surface area contributed by atoms with Gasteiger partial charge in [-0.1, -0.05) is 30.0 Å². The van der Waals surface area contributed by atoms with Gasteiger partial charge in [0.05, 0.1) is 12.8 Å². The third-order valence-electron chi connectivity index (χ3n) is 4.62. The van der Waals surface area contributed by atoms with Crippen LogP contribution in [0.15, 0.2) is 84.8 Å². The minimum absolute atomic E-state index is 0.0149. The van der Waals surface area contributed by atoms with Gasteiger partial charge in [0, 0.05) is 22.1 Å². The molecule has 0 bridgehead atoms. The molecule has 0 radical (unpaired) electrons. The molecule has 0 aliphatic heterocycles. The van der Waals surface area contributed by atoms with E-state index < -0.39 is 5.56 Å². The first-order chi connectivity index (χ1) is 15.0. The van der Waals surface area contributed by atoms with Gasteiger partial charge in [0.1, 0.15) is 5.84 Å². The van der Waals surface area contributed by atoms with Crippen LogP contribution in [0.25, 0.3) is 11.1 Å². The molecule has 2 aromatic heterocycles. The standard InChI is InChI=1S/C23H19N3O3S2/c1-14-13-17(31-16-7-5-4-6-8-16)9-10-18(14)25-15(2)26-22(27)20-21(29-23(26)30)19(28-3)11-12-24-20/h4-13H,1-3H3. The Labute approximate surface area is 188 Å². The fourth-order valence-electron chi connectivity index (χ4n) is 3.11. The Morgan fingerprint density at radius 3 is 2.65 bits per heavy atom. The zero-order chi connectivity index (χ0) is 22.0. The second kappa shape index (κ2) is 8.87. The lowest BCUT2D eigenvalue weighted by atomic mass is 10.2. The van der Waals surface area contributed by atoms with Gasteiger partial charge in [0.25, 0.3) is 10.4 Å². The van der Waals surface area contributed by atoms with E-state index >= 15 is 0 Å². The summed E-state index contributed by atoms with van der Waals surface area (Å²) in [7, 11) is 1.49. The quantitative estimate of drug-likeness (QED) is 0.223. The van der Waals surface area contributed by atoms with Crippen molar-refractivity contribution in [3.05, 3.63) is 81.5 Å². The highest BCUT2D eigenvalue weighted by Gasteiger charge is 2.15. The molecule has 4 rings (SSSR count). The first kappa shape index (κ1) is 21.0. The fraction of sp³-hybridized carbons (Fsp3) is 0.130. The number of aliphatic imine (C=N–C) groups is 1. The smallest absolute Gasteiger partial charge is 0.289 e. The van der Waals surface area contributed by atoms with E-state index in [4.69, 9.17) is 21.4 Å². The van der Waals surface area contributed by atoms with Crippen molar-refractivity contribution in [3.63, 3.8) is 0 Å². The molecule has 0 saturated carbocycles. The van der Waals surface area contributed by atoms with E-state index in [2.05, 4.69) is 28.2 Å². The molecule has 156 valence electrons. The Kier molecular flexibility index (Phi) is 6.01. The highest BCUT2D eigenvalue weighted by Crippen LogP contribution is 2.31. The Morgan fingerprint density at radius 2 is 1.94 bits per heavy atom. The lowest BCUT2D eigenvalue weighted by Crippen LogP contribution is -2.26. The number of hydrogen-bond donors (Lipinski definition) is 0. The van der Waals surface area contributed by atoms with Gasteiger partial charge < -0.3 is 9.15 Å². The lowest BCUT2D eigenvalue weighted by molar-refractivity contribution is 0.405. The van der Waals surface area contributed by atoms with Crippen molar-refractivity contribution in [1.82, 2.24) is 9.55 Å². The minimum Gasteiger partial charge on any atom is -0.493 e. The molecule has 0 spiro atoms. The summed E-state index contributed by atoms with van der Waals surface area (Å²) in [5.41, 5.74) is 1.68. The molecule has 0 fully saturated rings. The van der Waals surface area contributed by atoms with Gasteiger partial charge in [-0.15, -0.1) is 0 Å². The zero-order valence-electron chi connectivity index (χ0n) is 17.2. The fourth-order valence-corrected chi connectivity index (χ4v) is 4.34. The number of nitrogens with zero attached hydrogens (tertiary/aromatic N) is 3. The van der Waals surface area contributed by atoms with E-state index in [0.29, 0.717) is 11.6 Å². The molecule has 0 amide bonds. The topological polar surface area (TPSA) is 69.6 Å². The van der Waals surface area contributed by atoms with Crippen molar-refractivity contribution in [1.29, 1.82) is 0 Å². The number of aromatic nitrogens is 2. The molecule has 0 N–H and O–H groups in total. The molecule has 0 aliphatic rings. The molecule has 0 unspecified atom stereocenters. The molecule has 0 aliphatic carbocycles.